The summed E-state index contributed by atoms with van der Waals surface area (Å²) in [6.07, 6.45) is 4.61. The quantitative estimate of drug-likeness (QED) is 0.788. The standard InChI is InChI=1S/C15H14N2O4/c1-19-14-6-9-3-4-11-12(21-13(9)8-17-14)5-10(7-16-11)15(18)20-2/h5-8H,3-4H2,1-2H3. The second-order valence-corrected chi connectivity index (χ2v) is 4.60. The maximum absolute atomic E-state index is 11.6. The molecule has 1 aliphatic heterocycles. The number of aryl methyl sites for hydroxylation is 2. The maximum atomic E-state index is 11.6. The van der Waals surface area contributed by atoms with Gasteiger partial charge in [0.05, 0.1) is 31.7 Å². The largest absolute Gasteiger partial charge is 0.481 e. The van der Waals surface area contributed by atoms with Crippen LogP contribution in [0.4, 0.5) is 0 Å². The van der Waals surface area contributed by atoms with Crippen molar-refractivity contribution in [2.45, 2.75) is 12.8 Å². The molecule has 6 heteroatoms. The first-order valence-corrected chi connectivity index (χ1v) is 6.49. The normalized spacial score (nSPS) is 12.5. The first-order valence-electron chi connectivity index (χ1n) is 6.49. The lowest BCUT2D eigenvalue weighted by Gasteiger charge is -2.09. The van der Waals surface area contributed by atoms with Gasteiger partial charge in [0.1, 0.15) is 11.5 Å². The molecule has 0 unspecified atom stereocenters. The van der Waals surface area contributed by atoms with E-state index in [1.165, 1.54) is 13.3 Å². The van der Waals surface area contributed by atoms with Crippen LogP contribution in [0.15, 0.2) is 24.5 Å². The van der Waals surface area contributed by atoms with Crippen LogP contribution in [0.25, 0.3) is 0 Å². The number of aromatic nitrogens is 2. The van der Waals surface area contributed by atoms with Crippen molar-refractivity contribution >= 4 is 5.97 Å². The van der Waals surface area contributed by atoms with E-state index >= 15 is 0 Å². The SMILES string of the molecule is COC(=O)c1cnc2c(c1)Oc1cnc(OC)cc1CC2. The second kappa shape index (κ2) is 5.40. The number of esters is 1. The molecule has 0 radical (unpaired) electrons. The fraction of sp³-hybridized carbons (Fsp3) is 0.267. The number of pyridine rings is 2. The lowest BCUT2D eigenvalue weighted by Crippen LogP contribution is -2.04. The van der Waals surface area contributed by atoms with Crippen LogP contribution in [0.1, 0.15) is 21.6 Å². The number of ether oxygens (including phenoxy) is 3. The summed E-state index contributed by atoms with van der Waals surface area (Å²) in [6.45, 7) is 0. The number of hydrogen-bond acceptors (Lipinski definition) is 6. The highest BCUT2D eigenvalue weighted by Gasteiger charge is 2.19. The molecule has 21 heavy (non-hydrogen) atoms. The summed E-state index contributed by atoms with van der Waals surface area (Å²) in [4.78, 5) is 20.0. The van der Waals surface area contributed by atoms with E-state index in [0.29, 0.717) is 22.9 Å². The van der Waals surface area contributed by atoms with Gasteiger partial charge in [-0.3, -0.25) is 4.98 Å². The molecule has 2 aromatic heterocycles. The molecule has 0 saturated heterocycles. The minimum absolute atomic E-state index is 0.362. The third-order valence-electron chi connectivity index (χ3n) is 3.34. The second-order valence-electron chi connectivity index (χ2n) is 4.60. The van der Waals surface area contributed by atoms with Crippen LogP contribution in [-0.2, 0) is 17.6 Å². The smallest absolute Gasteiger partial charge is 0.339 e. The van der Waals surface area contributed by atoms with E-state index < -0.39 is 5.97 Å². The van der Waals surface area contributed by atoms with Gasteiger partial charge in [0.25, 0.3) is 0 Å². The van der Waals surface area contributed by atoms with Gasteiger partial charge in [0, 0.05) is 17.8 Å². The van der Waals surface area contributed by atoms with Crippen molar-refractivity contribution in [1.82, 2.24) is 9.97 Å². The van der Waals surface area contributed by atoms with Gasteiger partial charge in [-0.05, 0) is 18.9 Å². The monoisotopic (exact) mass is 286 g/mol. The minimum Gasteiger partial charge on any atom is -0.481 e. The van der Waals surface area contributed by atoms with Gasteiger partial charge < -0.3 is 14.2 Å². The molecule has 0 fully saturated rings. The number of rotatable bonds is 2. The van der Waals surface area contributed by atoms with E-state index in [2.05, 4.69) is 9.97 Å². The molecule has 0 saturated carbocycles. The Bertz CT molecular complexity index is 700. The van der Waals surface area contributed by atoms with Gasteiger partial charge in [-0.25, -0.2) is 9.78 Å². The van der Waals surface area contributed by atoms with E-state index in [-0.39, 0.29) is 0 Å². The van der Waals surface area contributed by atoms with Gasteiger partial charge in [0.2, 0.25) is 5.88 Å². The molecular formula is C15H14N2O4. The number of nitrogens with zero attached hydrogens (tertiary/aromatic N) is 2. The summed E-state index contributed by atoms with van der Waals surface area (Å²) in [7, 11) is 2.91. The highest BCUT2D eigenvalue weighted by atomic mass is 16.5. The summed E-state index contributed by atoms with van der Waals surface area (Å²) in [5.74, 6) is 1.32. The molecule has 0 spiro atoms. The Kier molecular flexibility index (Phi) is 3.43. The van der Waals surface area contributed by atoms with Crippen molar-refractivity contribution in [3.63, 3.8) is 0 Å². The van der Waals surface area contributed by atoms with Crippen LogP contribution >= 0.6 is 0 Å². The maximum Gasteiger partial charge on any atom is 0.339 e. The summed E-state index contributed by atoms with van der Waals surface area (Å²) in [6, 6.07) is 3.50. The minimum atomic E-state index is -0.439. The van der Waals surface area contributed by atoms with Crippen molar-refractivity contribution in [3.05, 3.63) is 41.3 Å². The van der Waals surface area contributed by atoms with Crippen LogP contribution in [0, 0.1) is 0 Å². The van der Waals surface area contributed by atoms with Crippen molar-refractivity contribution in [3.8, 4) is 17.4 Å². The Morgan fingerprint density at radius 1 is 1.14 bits per heavy atom. The zero-order valence-corrected chi connectivity index (χ0v) is 11.8. The fourth-order valence-electron chi connectivity index (χ4n) is 2.21. The first kappa shape index (κ1) is 13.4. The Balaban J connectivity index is 1.99. The highest BCUT2D eigenvalue weighted by Crippen LogP contribution is 2.34. The number of carbonyl (C=O) groups is 1. The molecule has 6 nitrogen and oxygen atoms in total. The molecular weight excluding hydrogens is 272 g/mol. The zero-order chi connectivity index (χ0) is 14.8. The average molecular weight is 286 g/mol. The Labute approximate surface area is 121 Å². The molecule has 0 aromatic carbocycles. The Morgan fingerprint density at radius 3 is 2.76 bits per heavy atom. The van der Waals surface area contributed by atoms with Crippen LogP contribution < -0.4 is 9.47 Å². The average Bonchev–Trinajstić information content (AvgIpc) is 2.71. The lowest BCUT2D eigenvalue weighted by atomic mass is 10.1. The van der Waals surface area contributed by atoms with Crippen LogP contribution in [-0.4, -0.2) is 30.2 Å². The molecule has 0 bridgehead atoms. The molecule has 1 aliphatic rings. The lowest BCUT2D eigenvalue weighted by molar-refractivity contribution is 0.0600. The Hall–Kier alpha value is -2.63. The number of carbonyl (C=O) groups excluding carboxylic acids is 1. The first-order chi connectivity index (χ1) is 10.2. The third-order valence-corrected chi connectivity index (χ3v) is 3.34. The van der Waals surface area contributed by atoms with E-state index in [4.69, 9.17) is 14.2 Å². The van der Waals surface area contributed by atoms with E-state index in [0.717, 1.165) is 24.1 Å². The van der Waals surface area contributed by atoms with Gasteiger partial charge in [-0.1, -0.05) is 0 Å². The highest BCUT2D eigenvalue weighted by molar-refractivity contribution is 5.89. The van der Waals surface area contributed by atoms with Crippen LogP contribution in [0.3, 0.4) is 0 Å². The summed E-state index contributed by atoms with van der Waals surface area (Å²) in [5.41, 5.74) is 2.17. The van der Waals surface area contributed by atoms with Crippen molar-refractivity contribution in [1.29, 1.82) is 0 Å². The van der Waals surface area contributed by atoms with Crippen molar-refractivity contribution in [2.75, 3.05) is 14.2 Å². The molecule has 0 amide bonds. The van der Waals surface area contributed by atoms with E-state index in [1.54, 1.807) is 19.4 Å². The van der Waals surface area contributed by atoms with Gasteiger partial charge in [0.15, 0.2) is 0 Å². The van der Waals surface area contributed by atoms with Gasteiger partial charge in [-0.15, -0.1) is 0 Å². The molecule has 2 aromatic rings. The molecule has 108 valence electrons. The molecule has 0 N–H and O–H groups in total. The van der Waals surface area contributed by atoms with Crippen molar-refractivity contribution < 1.29 is 19.0 Å². The summed E-state index contributed by atoms with van der Waals surface area (Å²) in [5, 5.41) is 0. The zero-order valence-electron chi connectivity index (χ0n) is 11.8. The summed E-state index contributed by atoms with van der Waals surface area (Å²) >= 11 is 0. The van der Waals surface area contributed by atoms with Gasteiger partial charge >= 0.3 is 5.97 Å². The molecule has 0 aliphatic carbocycles. The Morgan fingerprint density at radius 2 is 2.00 bits per heavy atom. The predicted molar refractivity (Wildman–Crippen MR) is 73.8 cm³/mol. The molecule has 3 heterocycles. The number of fused-ring (bicyclic) bond motifs is 2. The number of methoxy groups -OCH3 is 2. The molecule has 3 rings (SSSR count). The van der Waals surface area contributed by atoms with Crippen LogP contribution in [0.2, 0.25) is 0 Å². The predicted octanol–water partition coefficient (Wildman–Crippen LogP) is 2.16. The van der Waals surface area contributed by atoms with Crippen molar-refractivity contribution in [2.24, 2.45) is 0 Å². The van der Waals surface area contributed by atoms with Crippen LogP contribution in [0.5, 0.6) is 17.4 Å². The number of hydrogen-bond donors (Lipinski definition) is 0. The third kappa shape index (κ3) is 2.52. The van der Waals surface area contributed by atoms with Gasteiger partial charge in [-0.2, -0.15) is 0 Å². The van der Waals surface area contributed by atoms with E-state index in [1.807, 2.05) is 6.07 Å². The molecule has 0 atom stereocenters. The topological polar surface area (TPSA) is 70.5 Å². The summed E-state index contributed by atoms with van der Waals surface area (Å²) < 4.78 is 15.7. The fourth-order valence-corrected chi connectivity index (χ4v) is 2.21. The van der Waals surface area contributed by atoms with E-state index in [9.17, 15) is 4.79 Å².